The monoisotopic (exact) mass is 429 g/mol. The van der Waals surface area contributed by atoms with Crippen LogP contribution >= 0.6 is 0 Å². The number of aliphatic carboxylic acids is 1. The molecule has 6 heteroatoms. The first-order chi connectivity index (χ1) is 15.6. The van der Waals surface area contributed by atoms with E-state index in [9.17, 15) is 9.59 Å². The van der Waals surface area contributed by atoms with Gasteiger partial charge in [0, 0.05) is 54.7 Å². The summed E-state index contributed by atoms with van der Waals surface area (Å²) >= 11 is 0. The Bertz CT molecular complexity index is 1160. The van der Waals surface area contributed by atoms with E-state index in [-0.39, 0.29) is 12.5 Å². The largest absolute Gasteiger partial charge is 0.480 e. The minimum absolute atomic E-state index is 0.0715. The van der Waals surface area contributed by atoms with Gasteiger partial charge in [0.2, 0.25) is 0 Å². The Morgan fingerprint density at radius 3 is 2.50 bits per heavy atom. The Hall–Kier alpha value is -3.38. The molecular weight excluding hydrogens is 402 g/mol. The van der Waals surface area contributed by atoms with Gasteiger partial charge in [-0.25, -0.2) is 0 Å². The van der Waals surface area contributed by atoms with Gasteiger partial charge in [-0.3, -0.25) is 14.5 Å². The molecule has 0 bridgehead atoms. The van der Waals surface area contributed by atoms with E-state index in [1.807, 2.05) is 40.1 Å². The molecule has 0 unspecified atom stereocenters. The molecule has 164 valence electrons. The zero-order valence-electron chi connectivity index (χ0n) is 18.0. The number of hydrogen-bond acceptors (Lipinski definition) is 4. The number of hydrogen-bond donors (Lipinski definition) is 1. The molecular formula is C26H27N3O3. The van der Waals surface area contributed by atoms with Crippen LogP contribution in [0.15, 0.2) is 60.7 Å². The summed E-state index contributed by atoms with van der Waals surface area (Å²) in [6, 6.07) is 20.5. The number of benzene rings is 3. The summed E-state index contributed by atoms with van der Waals surface area (Å²) in [5.74, 6) is -0.708. The highest BCUT2D eigenvalue weighted by Gasteiger charge is 2.31. The fraction of sp³-hybridized carbons (Fsp3) is 0.308. The molecule has 1 amide bonds. The lowest BCUT2D eigenvalue weighted by Gasteiger charge is -2.25. The molecule has 2 aliphatic rings. The van der Waals surface area contributed by atoms with Gasteiger partial charge in [0.15, 0.2) is 0 Å². The van der Waals surface area contributed by atoms with Gasteiger partial charge < -0.3 is 14.9 Å². The molecule has 2 aliphatic heterocycles. The zero-order chi connectivity index (χ0) is 22.1. The van der Waals surface area contributed by atoms with Crippen LogP contribution < -0.4 is 9.80 Å². The number of carbonyl (C=O) groups is 2. The van der Waals surface area contributed by atoms with Crippen molar-refractivity contribution in [2.75, 3.05) is 49.1 Å². The van der Waals surface area contributed by atoms with E-state index >= 15 is 0 Å². The minimum Gasteiger partial charge on any atom is -0.480 e. The SMILES string of the molecule is O=C(O)CN1CCCN(c2ccc3c4c(cccc24)C(=O)N3CCc2ccccc2)CC1. The van der Waals surface area contributed by atoms with Gasteiger partial charge in [0.05, 0.1) is 12.2 Å². The Labute approximate surface area is 187 Å². The van der Waals surface area contributed by atoms with Gasteiger partial charge in [-0.05, 0) is 36.6 Å². The lowest BCUT2D eigenvalue weighted by atomic mass is 10.0. The van der Waals surface area contributed by atoms with E-state index in [4.69, 9.17) is 5.11 Å². The number of amides is 1. The van der Waals surface area contributed by atoms with Gasteiger partial charge in [0.25, 0.3) is 5.91 Å². The molecule has 0 atom stereocenters. The standard InChI is InChI=1S/C26H27N3O3/c30-24(31)18-27-13-5-14-28(17-16-27)22-10-11-23-25-20(22)8-4-9-21(25)26(32)29(23)15-12-19-6-2-1-3-7-19/h1-4,6-11H,5,12-18H2,(H,30,31). The molecule has 3 aromatic rings. The van der Waals surface area contributed by atoms with Crippen LogP contribution in [-0.4, -0.2) is 61.2 Å². The van der Waals surface area contributed by atoms with Crippen LogP contribution in [0, 0.1) is 0 Å². The van der Waals surface area contributed by atoms with Crippen molar-refractivity contribution in [3.63, 3.8) is 0 Å². The topological polar surface area (TPSA) is 64.1 Å². The van der Waals surface area contributed by atoms with E-state index in [2.05, 4.69) is 35.2 Å². The van der Waals surface area contributed by atoms with Crippen LogP contribution in [0.1, 0.15) is 22.3 Å². The normalized spacial score (nSPS) is 16.6. The number of carbonyl (C=O) groups excluding carboxylic acids is 1. The first-order valence-corrected chi connectivity index (χ1v) is 11.2. The van der Waals surface area contributed by atoms with Crippen LogP contribution in [0.4, 0.5) is 11.4 Å². The van der Waals surface area contributed by atoms with Crippen molar-refractivity contribution >= 4 is 34.0 Å². The van der Waals surface area contributed by atoms with Gasteiger partial charge in [-0.15, -0.1) is 0 Å². The van der Waals surface area contributed by atoms with Crippen molar-refractivity contribution in [3.8, 4) is 0 Å². The van der Waals surface area contributed by atoms with Crippen molar-refractivity contribution in [1.82, 2.24) is 4.90 Å². The van der Waals surface area contributed by atoms with Gasteiger partial charge >= 0.3 is 5.97 Å². The highest BCUT2D eigenvalue weighted by Crippen LogP contribution is 2.41. The Morgan fingerprint density at radius 1 is 0.875 bits per heavy atom. The number of rotatable bonds is 6. The molecule has 6 nitrogen and oxygen atoms in total. The maximum Gasteiger partial charge on any atom is 0.317 e. The minimum atomic E-state index is -0.780. The summed E-state index contributed by atoms with van der Waals surface area (Å²) in [5.41, 5.74) is 4.11. The third-order valence-electron chi connectivity index (χ3n) is 6.52. The highest BCUT2D eigenvalue weighted by atomic mass is 16.4. The van der Waals surface area contributed by atoms with Crippen LogP contribution in [-0.2, 0) is 11.2 Å². The molecule has 0 radical (unpaired) electrons. The van der Waals surface area contributed by atoms with Crippen molar-refractivity contribution in [3.05, 3.63) is 71.8 Å². The van der Waals surface area contributed by atoms with Crippen LogP contribution in [0.3, 0.4) is 0 Å². The molecule has 5 rings (SSSR count). The van der Waals surface area contributed by atoms with Crippen molar-refractivity contribution in [1.29, 1.82) is 0 Å². The molecule has 1 N–H and O–H groups in total. The average molecular weight is 430 g/mol. The molecule has 0 aromatic heterocycles. The Balaban J connectivity index is 1.43. The van der Waals surface area contributed by atoms with Crippen LogP contribution in [0.25, 0.3) is 10.8 Å². The van der Waals surface area contributed by atoms with E-state index in [0.29, 0.717) is 6.54 Å². The quantitative estimate of drug-likeness (QED) is 0.648. The fourth-order valence-electron chi connectivity index (χ4n) is 4.98. The first kappa shape index (κ1) is 20.5. The van der Waals surface area contributed by atoms with Crippen LogP contribution in [0.5, 0.6) is 0 Å². The molecule has 1 fully saturated rings. The van der Waals surface area contributed by atoms with Crippen molar-refractivity contribution in [2.45, 2.75) is 12.8 Å². The highest BCUT2D eigenvalue weighted by molar-refractivity contribution is 6.26. The zero-order valence-corrected chi connectivity index (χ0v) is 18.0. The number of anilines is 2. The summed E-state index contributed by atoms with van der Waals surface area (Å²) < 4.78 is 0. The maximum absolute atomic E-state index is 13.2. The third kappa shape index (κ3) is 3.82. The number of carboxylic acid groups (broad SMARTS) is 1. The smallest absolute Gasteiger partial charge is 0.317 e. The van der Waals surface area contributed by atoms with Crippen molar-refractivity contribution < 1.29 is 14.7 Å². The van der Waals surface area contributed by atoms with E-state index in [0.717, 1.165) is 66.7 Å². The number of carboxylic acids is 1. The Kier molecular flexibility index (Phi) is 5.53. The van der Waals surface area contributed by atoms with Gasteiger partial charge in [-0.1, -0.05) is 42.5 Å². The van der Waals surface area contributed by atoms with Gasteiger partial charge in [-0.2, -0.15) is 0 Å². The average Bonchev–Trinajstić information content (AvgIpc) is 2.93. The molecule has 1 saturated heterocycles. The summed E-state index contributed by atoms with van der Waals surface area (Å²) in [5, 5.41) is 11.3. The molecule has 0 saturated carbocycles. The van der Waals surface area contributed by atoms with E-state index in [1.165, 1.54) is 5.56 Å². The molecule has 2 heterocycles. The lowest BCUT2D eigenvalue weighted by molar-refractivity contribution is -0.138. The third-order valence-corrected chi connectivity index (χ3v) is 6.52. The second kappa shape index (κ2) is 8.63. The van der Waals surface area contributed by atoms with Crippen LogP contribution in [0.2, 0.25) is 0 Å². The predicted octanol–water partition coefficient (Wildman–Crippen LogP) is 3.64. The molecule has 0 spiro atoms. The molecule has 0 aliphatic carbocycles. The number of nitrogens with zero attached hydrogens (tertiary/aromatic N) is 3. The second-order valence-corrected chi connectivity index (χ2v) is 8.53. The maximum atomic E-state index is 13.2. The molecule has 3 aromatic carbocycles. The van der Waals surface area contributed by atoms with E-state index < -0.39 is 5.97 Å². The summed E-state index contributed by atoms with van der Waals surface area (Å²) in [6.07, 6.45) is 1.73. The van der Waals surface area contributed by atoms with Crippen molar-refractivity contribution in [2.24, 2.45) is 0 Å². The fourth-order valence-corrected chi connectivity index (χ4v) is 4.98. The predicted molar refractivity (Wildman–Crippen MR) is 127 cm³/mol. The first-order valence-electron chi connectivity index (χ1n) is 11.2. The summed E-state index contributed by atoms with van der Waals surface area (Å²) in [4.78, 5) is 30.6. The second-order valence-electron chi connectivity index (χ2n) is 8.53. The Morgan fingerprint density at radius 2 is 1.69 bits per heavy atom. The van der Waals surface area contributed by atoms with E-state index in [1.54, 1.807) is 0 Å². The van der Waals surface area contributed by atoms with Gasteiger partial charge in [0.1, 0.15) is 0 Å². The summed E-state index contributed by atoms with van der Waals surface area (Å²) in [7, 11) is 0. The molecule has 32 heavy (non-hydrogen) atoms. The lowest BCUT2D eigenvalue weighted by Crippen LogP contribution is -2.34. The summed E-state index contributed by atoms with van der Waals surface area (Å²) in [6.45, 7) is 3.90.